The van der Waals surface area contributed by atoms with E-state index in [-0.39, 0.29) is 24.3 Å². The molecule has 0 aliphatic heterocycles. The summed E-state index contributed by atoms with van der Waals surface area (Å²) < 4.78 is 0. The molecule has 0 aliphatic carbocycles. The maximum Gasteiger partial charge on any atom is 0.244 e. The molecule has 0 saturated carbocycles. The van der Waals surface area contributed by atoms with Gasteiger partial charge in [-0.25, -0.2) is 0 Å². The maximum atomic E-state index is 12.4. The minimum Gasteiger partial charge on any atom is -0.325 e. The number of para-hydroxylation sites is 1. The van der Waals surface area contributed by atoms with Crippen molar-refractivity contribution in [1.82, 2.24) is 0 Å². The van der Waals surface area contributed by atoms with Crippen LogP contribution in [0.5, 0.6) is 0 Å². The van der Waals surface area contributed by atoms with E-state index in [1.54, 1.807) is 0 Å². The van der Waals surface area contributed by atoms with Crippen LogP contribution in [-0.2, 0) is 9.59 Å². The lowest BCUT2D eigenvalue weighted by molar-refractivity contribution is -0.120. The van der Waals surface area contributed by atoms with E-state index in [0.717, 1.165) is 22.5 Å². The van der Waals surface area contributed by atoms with Crippen molar-refractivity contribution in [3.8, 4) is 0 Å². The third-order valence-electron chi connectivity index (χ3n) is 3.83. The molecular formula is C20H24N2O2. The lowest BCUT2D eigenvalue weighted by Crippen LogP contribution is -2.37. The van der Waals surface area contributed by atoms with Gasteiger partial charge in [-0.05, 0) is 42.2 Å². The Kier molecular flexibility index (Phi) is 5.74. The number of nitrogens with one attached hydrogen (secondary N) is 1. The molecule has 0 radical (unpaired) electrons. The molecule has 2 rings (SSSR count). The third-order valence-corrected chi connectivity index (χ3v) is 3.83. The highest BCUT2D eigenvalue weighted by Crippen LogP contribution is 2.27. The van der Waals surface area contributed by atoms with Crippen molar-refractivity contribution in [3.05, 3.63) is 59.7 Å². The van der Waals surface area contributed by atoms with Gasteiger partial charge in [-0.1, -0.05) is 44.2 Å². The fourth-order valence-electron chi connectivity index (χ4n) is 2.65. The smallest absolute Gasteiger partial charge is 0.244 e. The zero-order valence-electron chi connectivity index (χ0n) is 14.7. The van der Waals surface area contributed by atoms with Gasteiger partial charge in [0.05, 0.1) is 0 Å². The normalized spacial score (nSPS) is 10.5. The van der Waals surface area contributed by atoms with Crippen LogP contribution in [0.4, 0.5) is 11.4 Å². The second-order valence-corrected chi connectivity index (χ2v) is 6.24. The van der Waals surface area contributed by atoms with Crippen LogP contribution in [0, 0.1) is 6.92 Å². The van der Waals surface area contributed by atoms with Crippen LogP contribution in [0.15, 0.2) is 48.5 Å². The summed E-state index contributed by atoms with van der Waals surface area (Å²) in [6.07, 6.45) is 0. The zero-order valence-corrected chi connectivity index (χ0v) is 14.7. The first-order valence-electron chi connectivity index (χ1n) is 8.12. The van der Waals surface area contributed by atoms with Crippen LogP contribution < -0.4 is 10.2 Å². The minimum atomic E-state index is -0.214. The third kappa shape index (κ3) is 4.44. The second-order valence-electron chi connectivity index (χ2n) is 6.24. The van der Waals surface area contributed by atoms with Gasteiger partial charge in [-0.15, -0.1) is 0 Å². The summed E-state index contributed by atoms with van der Waals surface area (Å²) in [5.74, 6) is -0.0975. The highest BCUT2D eigenvalue weighted by molar-refractivity contribution is 6.02. The van der Waals surface area contributed by atoms with Crippen LogP contribution in [0.25, 0.3) is 0 Å². The first-order valence-corrected chi connectivity index (χ1v) is 8.12. The zero-order chi connectivity index (χ0) is 17.7. The number of hydrogen-bond acceptors (Lipinski definition) is 2. The summed E-state index contributed by atoms with van der Waals surface area (Å²) in [5, 5.41) is 2.85. The number of hydrogen-bond donors (Lipinski definition) is 1. The van der Waals surface area contributed by atoms with Crippen LogP contribution in [0.2, 0.25) is 0 Å². The predicted octanol–water partition coefficient (Wildman–Crippen LogP) is 4.11. The van der Waals surface area contributed by atoms with E-state index in [2.05, 4.69) is 19.2 Å². The lowest BCUT2D eigenvalue weighted by Gasteiger charge is -2.25. The first kappa shape index (κ1) is 17.7. The van der Waals surface area contributed by atoms with Crippen molar-refractivity contribution in [3.63, 3.8) is 0 Å². The van der Waals surface area contributed by atoms with Gasteiger partial charge in [0.15, 0.2) is 0 Å². The number of benzene rings is 2. The average Bonchev–Trinajstić information content (AvgIpc) is 2.52. The van der Waals surface area contributed by atoms with Gasteiger partial charge in [-0.3, -0.25) is 9.59 Å². The van der Waals surface area contributed by atoms with E-state index in [4.69, 9.17) is 0 Å². The standard InChI is InChI=1S/C20H24N2O2/c1-14(2)18-10-5-6-11-19(18)22(16(4)23)13-20(24)21-17-9-7-8-15(3)12-17/h5-12,14H,13H2,1-4H3,(H,21,24). The Morgan fingerprint density at radius 2 is 1.79 bits per heavy atom. The maximum absolute atomic E-state index is 12.4. The molecule has 0 atom stereocenters. The van der Waals surface area contributed by atoms with Crippen molar-refractivity contribution in [2.45, 2.75) is 33.6 Å². The Balaban J connectivity index is 2.20. The van der Waals surface area contributed by atoms with Crippen molar-refractivity contribution in [2.75, 3.05) is 16.8 Å². The molecule has 0 unspecified atom stereocenters. The number of nitrogens with zero attached hydrogens (tertiary/aromatic N) is 1. The largest absolute Gasteiger partial charge is 0.325 e. The average molecular weight is 324 g/mol. The molecule has 0 aliphatic rings. The van der Waals surface area contributed by atoms with Gasteiger partial charge < -0.3 is 10.2 Å². The highest BCUT2D eigenvalue weighted by atomic mass is 16.2. The number of carbonyl (C=O) groups is 2. The molecule has 4 nitrogen and oxygen atoms in total. The monoisotopic (exact) mass is 324 g/mol. The summed E-state index contributed by atoms with van der Waals surface area (Å²) in [7, 11) is 0. The van der Waals surface area contributed by atoms with Gasteiger partial charge in [0.1, 0.15) is 6.54 Å². The van der Waals surface area contributed by atoms with Crippen LogP contribution in [-0.4, -0.2) is 18.4 Å². The van der Waals surface area contributed by atoms with E-state index in [1.165, 1.54) is 11.8 Å². The summed E-state index contributed by atoms with van der Waals surface area (Å²) >= 11 is 0. The number of carbonyl (C=O) groups excluding carboxylic acids is 2. The Morgan fingerprint density at radius 1 is 1.08 bits per heavy atom. The topological polar surface area (TPSA) is 49.4 Å². The number of rotatable bonds is 5. The van der Waals surface area contributed by atoms with E-state index < -0.39 is 0 Å². The Labute approximate surface area is 143 Å². The van der Waals surface area contributed by atoms with E-state index in [9.17, 15) is 9.59 Å². The van der Waals surface area contributed by atoms with Crippen LogP contribution in [0.1, 0.15) is 37.8 Å². The molecule has 2 amide bonds. The summed E-state index contributed by atoms with van der Waals surface area (Å²) in [5.41, 5.74) is 3.65. The van der Waals surface area contributed by atoms with Crippen LogP contribution in [0.3, 0.4) is 0 Å². The minimum absolute atomic E-state index is 0.00694. The SMILES string of the molecule is CC(=O)N(CC(=O)Nc1cccc(C)c1)c1ccccc1C(C)C. The molecule has 0 fully saturated rings. The molecule has 0 aromatic heterocycles. The van der Waals surface area contributed by atoms with Gasteiger partial charge in [0.2, 0.25) is 11.8 Å². The second kappa shape index (κ2) is 7.77. The molecular weight excluding hydrogens is 300 g/mol. The molecule has 24 heavy (non-hydrogen) atoms. The van der Waals surface area contributed by atoms with Crippen molar-refractivity contribution >= 4 is 23.2 Å². The van der Waals surface area contributed by atoms with Crippen molar-refractivity contribution < 1.29 is 9.59 Å². The Bertz CT molecular complexity index is 738. The van der Waals surface area contributed by atoms with Gasteiger partial charge in [0.25, 0.3) is 0 Å². The molecule has 0 heterocycles. The fraction of sp³-hybridized carbons (Fsp3) is 0.300. The first-order chi connectivity index (χ1) is 11.4. The molecule has 0 bridgehead atoms. The Hall–Kier alpha value is -2.62. The van der Waals surface area contributed by atoms with Gasteiger partial charge >= 0.3 is 0 Å². The Morgan fingerprint density at radius 3 is 2.42 bits per heavy atom. The molecule has 2 aromatic rings. The molecule has 126 valence electrons. The fourth-order valence-corrected chi connectivity index (χ4v) is 2.65. The highest BCUT2D eigenvalue weighted by Gasteiger charge is 2.19. The summed E-state index contributed by atoms with van der Waals surface area (Å²) in [4.78, 5) is 26.0. The predicted molar refractivity (Wildman–Crippen MR) is 98.4 cm³/mol. The molecule has 2 aromatic carbocycles. The lowest BCUT2D eigenvalue weighted by atomic mass is 10.0. The van der Waals surface area contributed by atoms with E-state index >= 15 is 0 Å². The molecule has 1 N–H and O–H groups in total. The summed E-state index contributed by atoms with van der Waals surface area (Å²) in [6.45, 7) is 7.59. The van der Waals surface area contributed by atoms with Crippen LogP contribution >= 0.6 is 0 Å². The number of anilines is 2. The molecule has 0 spiro atoms. The number of aryl methyl sites for hydroxylation is 1. The molecule has 0 saturated heterocycles. The summed E-state index contributed by atoms with van der Waals surface area (Å²) in [6, 6.07) is 15.3. The van der Waals surface area contributed by atoms with E-state index in [0.29, 0.717) is 0 Å². The quantitative estimate of drug-likeness (QED) is 0.900. The molecule has 4 heteroatoms. The van der Waals surface area contributed by atoms with Gasteiger partial charge in [-0.2, -0.15) is 0 Å². The number of amides is 2. The van der Waals surface area contributed by atoms with E-state index in [1.807, 2.05) is 55.5 Å². The van der Waals surface area contributed by atoms with Crippen molar-refractivity contribution in [2.24, 2.45) is 0 Å². The van der Waals surface area contributed by atoms with Crippen molar-refractivity contribution in [1.29, 1.82) is 0 Å². The van der Waals surface area contributed by atoms with Gasteiger partial charge in [0, 0.05) is 18.3 Å².